The van der Waals surface area contributed by atoms with E-state index in [-0.39, 0.29) is 5.91 Å². The smallest absolute Gasteiger partial charge is 0.277 e. The van der Waals surface area contributed by atoms with Crippen molar-refractivity contribution in [3.63, 3.8) is 0 Å². The fourth-order valence-corrected chi connectivity index (χ4v) is 4.06. The van der Waals surface area contributed by atoms with Crippen LogP contribution in [0.15, 0.2) is 21.8 Å². The molecule has 0 N–H and O–H groups in total. The lowest BCUT2D eigenvalue weighted by atomic mass is 10.0. The van der Waals surface area contributed by atoms with Crippen molar-refractivity contribution in [3.05, 3.63) is 16.5 Å². The molecule has 1 atom stereocenters. The molecule has 2 aromatic heterocycles. The Labute approximate surface area is 142 Å². The molecular weight excluding hydrogens is 342 g/mol. The first kappa shape index (κ1) is 15.8. The van der Waals surface area contributed by atoms with E-state index in [9.17, 15) is 4.79 Å². The summed E-state index contributed by atoms with van der Waals surface area (Å²) in [5.41, 5.74) is 0. The third kappa shape index (κ3) is 3.83. The number of aromatic nitrogens is 2. The predicted molar refractivity (Wildman–Crippen MR) is 88.3 cm³/mol. The van der Waals surface area contributed by atoms with Crippen LogP contribution in [0.25, 0.3) is 10.8 Å². The van der Waals surface area contributed by atoms with E-state index in [0.29, 0.717) is 27.1 Å². The summed E-state index contributed by atoms with van der Waals surface area (Å²) >= 11 is 8.56. The van der Waals surface area contributed by atoms with Crippen LogP contribution in [0, 0.1) is 5.92 Å². The molecule has 3 rings (SSSR count). The highest BCUT2D eigenvalue weighted by molar-refractivity contribution is 7.99. The van der Waals surface area contributed by atoms with Gasteiger partial charge in [0.1, 0.15) is 0 Å². The average molecular weight is 358 g/mol. The van der Waals surface area contributed by atoms with Gasteiger partial charge in [0.05, 0.1) is 15.0 Å². The Hall–Kier alpha value is -1.05. The van der Waals surface area contributed by atoms with Gasteiger partial charge in [0.15, 0.2) is 0 Å². The van der Waals surface area contributed by atoms with Gasteiger partial charge < -0.3 is 9.32 Å². The normalized spacial score (nSPS) is 18.6. The first-order valence-electron chi connectivity index (χ1n) is 7.11. The quantitative estimate of drug-likeness (QED) is 0.779. The van der Waals surface area contributed by atoms with Gasteiger partial charge in [-0.25, -0.2) is 0 Å². The SMILES string of the molecule is CC1CCCN(C(=O)CSc2nnc(-c3ccc(Cl)s3)o2)C1. The maximum absolute atomic E-state index is 12.2. The van der Waals surface area contributed by atoms with Gasteiger partial charge in [-0.15, -0.1) is 21.5 Å². The number of halogens is 1. The van der Waals surface area contributed by atoms with E-state index in [4.69, 9.17) is 16.0 Å². The van der Waals surface area contributed by atoms with E-state index in [0.717, 1.165) is 24.4 Å². The lowest BCUT2D eigenvalue weighted by molar-refractivity contribution is -0.130. The van der Waals surface area contributed by atoms with Crippen molar-refractivity contribution >= 4 is 40.6 Å². The number of rotatable bonds is 4. The van der Waals surface area contributed by atoms with Gasteiger partial charge in [-0.1, -0.05) is 30.3 Å². The number of piperidine rings is 1. The van der Waals surface area contributed by atoms with Crippen LogP contribution >= 0.6 is 34.7 Å². The first-order chi connectivity index (χ1) is 10.6. The molecule has 2 aromatic rings. The zero-order chi connectivity index (χ0) is 15.5. The number of likely N-dealkylation sites (tertiary alicyclic amines) is 1. The van der Waals surface area contributed by atoms with Crippen molar-refractivity contribution in [1.29, 1.82) is 0 Å². The van der Waals surface area contributed by atoms with E-state index in [2.05, 4.69) is 17.1 Å². The summed E-state index contributed by atoms with van der Waals surface area (Å²) in [7, 11) is 0. The van der Waals surface area contributed by atoms with Crippen LogP contribution in [0.5, 0.6) is 0 Å². The highest BCUT2D eigenvalue weighted by Crippen LogP contribution is 2.31. The largest absolute Gasteiger partial charge is 0.410 e. The van der Waals surface area contributed by atoms with E-state index in [1.54, 1.807) is 6.07 Å². The Balaban J connectivity index is 1.55. The third-order valence-electron chi connectivity index (χ3n) is 3.52. The number of thioether (sulfide) groups is 1. The number of carbonyl (C=O) groups is 1. The summed E-state index contributed by atoms with van der Waals surface area (Å²) < 4.78 is 6.24. The zero-order valence-electron chi connectivity index (χ0n) is 12.1. The van der Waals surface area contributed by atoms with Crippen LogP contribution in [0.4, 0.5) is 0 Å². The van der Waals surface area contributed by atoms with Gasteiger partial charge in [0.25, 0.3) is 11.1 Å². The molecule has 0 saturated carbocycles. The Morgan fingerprint density at radius 3 is 3.14 bits per heavy atom. The zero-order valence-corrected chi connectivity index (χ0v) is 14.5. The summed E-state index contributed by atoms with van der Waals surface area (Å²) in [6.45, 7) is 3.89. The van der Waals surface area contributed by atoms with Gasteiger partial charge in [-0.2, -0.15) is 0 Å². The Morgan fingerprint density at radius 2 is 2.41 bits per heavy atom. The molecule has 0 aliphatic carbocycles. The maximum Gasteiger partial charge on any atom is 0.277 e. The molecule has 0 radical (unpaired) electrons. The van der Waals surface area contributed by atoms with Crippen LogP contribution in [-0.2, 0) is 4.79 Å². The van der Waals surface area contributed by atoms with Crippen molar-refractivity contribution in [3.8, 4) is 10.8 Å². The van der Waals surface area contributed by atoms with Crippen molar-refractivity contribution < 1.29 is 9.21 Å². The molecule has 1 aliphatic heterocycles. The van der Waals surface area contributed by atoms with Crippen molar-refractivity contribution in [2.75, 3.05) is 18.8 Å². The molecule has 0 bridgehead atoms. The lowest BCUT2D eigenvalue weighted by Gasteiger charge is -2.30. The highest BCUT2D eigenvalue weighted by Gasteiger charge is 2.21. The van der Waals surface area contributed by atoms with Crippen LogP contribution in [-0.4, -0.2) is 39.8 Å². The molecule has 0 spiro atoms. The number of carbonyl (C=O) groups excluding carboxylic acids is 1. The third-order valence-corrected chi connectivity index (χ3v) is 5.54. The fraction of sp³-hybridized carbons (Fsp3) is 0.500. The molecule has 22 heavy (non-hydrogen) atoms. The average Bonchev–Trinajstić information content (AvgIpc) is 3.13. The Kier molecular flexibility index (Phi) is 5.05. The molecule has 1 saturated heterocycles. The predicted octanol–water partition coefficient (Wildman–Crippen LogP) is 3.80. The number of nitrogens with zero attached hydrogens (tertiary/aromatic N) is 3. The van der Waals surface area contributed by atoms with Crippen LogP contribution < -0.4 is 0 Å². The van der Waals surface area contributed by atoms with Gasteiger partial charge in [0.2, 0.25) is 5.91 Å². The first-order valence-corrected chi connectivity index (χ1v) is 9.29. The van der Waals surface area contributed by atoms with E-state index in [1.807, 2.05) is 11.0 Å². The van der Waals surface area contributed by atoms with E-state index < -0.39 is 0 Å². The van der Waals surface area contributed by atoms with Gasteiger partial charge >= 0.3 is 0 Å². The molecule has 1 amide bonds. The molecular formula is C14H16ClN3O2S2. The van der Waals surface area contributed by atoms with Crippen LogP contribution in [0.3, 0.4) is 0 Å². The minimum Gasteiger partial charge on any atom is -0.410 e. The van der Waals surface area contributed by atoms with Gasteiger partial charge in [0, 0.05) is 13.1 Å². The molecule has 1 unspecified atom stereocenters. The van der Waals surface area contributed by atoms with Crippen LogP contribution in [0.1, 0.15) is 19.8 Å². The Bertz CT molecular complexity index is 658. The highest BCUT2D eigenvalue weighted by atomic mass is 35.5. The minimum absolute atomic E-state index is 0.135. The second-order valence-corrected chi connectivity index (χ2v) is 7.99. The topological polar surface area (TPSA) is 59.2 Å². The van der Waals surface area contributed by atoms with E-state index >= 15 is 0 Å². The summed E-state index contributed by atoms with van der Waals surface area (Å²) in [6.07, 6.45) is 2.29. The van der Waals surface area contributed by atoms with Crippen molar-refractivity contribution in [1.82, 2.24) is 15.1 Å². The maximum atomic E-state index is 12.2. The molecule has 3 heterocycles. The summed E-state index contributed by atoms with van der Waals surface area (Å²) in [4.78, 5) is 15.0. The van der Waals surface area contributed by atoms with E-state index in [1.165, 1.54) is 29.5 Å². The van der Waals surface area contributed by atoms with Crippen molar-refractivity contribution in [2.24, 2.45) is 5.92 Å². The molecule has 5 nitrogen and oxygen atoms in total. The molecule has 1 fully saturated rings. The van der Waals surface area contributed by atoms with Gasteiger partial charge in [-0.05, 0) is 30.9 Å². The second-order valence-electron chi connectivity index (χ2n) is 5.35. The van der Waals surface area contributed by atoms with Crippen LogP contribution in [0.2, 0.25) is 4.34 Å². The molecule has 8 heteroatoms. The monoisotopic (exact) mass is 357 g/mol. The standard InChI is InChI=1S/C14H16ClN3O2S2/c1-9-3-2-6-18(7-9)12(19)8-21-14-17-16-13(20-14)10-4-5-11(15)22-10/h4-5,9H,2-3,6-8H2,1H3. The number of hydrogen-bond acceptors (Lipinski definition) is 6. The van der Waals surface area contributed by atoms with Crippen molar-refractivity contribution in [2.45, 2.75) is 25.0 Å². The number of thiophene rings is 1. The summed E-state index contributed by atoms with van der Waals surface area (Å²) in [6, 6.07) is 3.63. The molecule has 1 aliphatic rings. The summed E-state index contributed by atoms with van der Waals surface area (Å²) in [5.74, 6) is 1.50. The minimum atomic E-state index is 0.135. The fourth-order valence-electron chi connectivity index (χ4n) is 2.43. The van der Waals surface area contributed by atoms with Gasteiger partial charge in [-0.3, -0.25) is 4.79 Å². The number of hydrogen-bond donors (Lipinski definition) is 0. The molecule has 118 valence electrons. The summed E-state index contributed by atoms with van der Waals surface area (Å²) in [5, 5.41) is 8.38. The second kappa shape index (κ2) is 7.02. The Morgan fingerprint density at radius 1 is 1.55 bits per heavy atom. The number of amides is 1. The molecule has 0 aromatic carbocycles. The lowest BCUT2D eigenvalue weighted by Crippen LogP contribution is -2.40.